The van der Waals surface area contributed by atoms with E-state index < -0.39 is 11.6 Å². The molecule has 1 saturated heterocycles. The molecule has 1 aliphatic heterocycles. The number of halogens is 3. The number of benzene rings is 1. The maximum Gasteiger partial charge on any atom is 0.244 e. The highest BCUT2D eigenvalue weighted by Crippen LogP contribution is 2.08. The summed E-state index contributed by atoms with van der Waals surface area (Å²) < 4.78 is 26.3. The molecule has 8 heteroatoms. The van der Waals surface area contributed by atoms with E-state index in [1.165, 1.54) is 12.1 Å². The monoisotopic (exact) mass is 466 g/mol. The number of rotatable bonds is 6. The van der Waals surface area contributed by atoms with Gasteiger partial charge >= 0.3 is 0 Å². The normalized spacial score (nSPS) is 14.2. The van der Waals surface area contributed by atoms with E-state index in [9.17, 15) is 13.6 Å². The molecule has 25 heavy (non-hydrogen) atoms. The first-order chi connectivity index (χ1) is 11.6. The Morgan fingerprint density at radius 3 is 2.40 bits per heavy atom. The largest absolute Gasteiger partial charge is 0.357 e. The van der Waals surface area contributed by atoms with E-state index in [0.717, 1.165) is 32.0 Å². The minimum Gasteiger partial charge on any atom is -0.357 e. The first-order valence-electron chi connectivity index (χ1n) is 8.33. The van der Waals surface area contributed by atoms with E-state index in [1.807, 2.05) is 11.8 Å². The number of carbonyl (C=O) groups excluding carboxylic acids is 1. The van der Waals surface area contributed by atoms with Crippen LogP contribution in [0.25, 0.3) is 0 Å². The zero-order valence-electron chi connectivity index (χ0n) is 14.4. The predicted octanol–water partition coefficient (Wildman–Crippen LogP) is 2.30. The molecule has 0 aromatic heterocycles. The number of nitrogens with one attached hydrogen (secondary N) is 2. The van der Waals surface area contributed by atoms with Gasteiger partial charge in [-0.25, -0.2) is 13.8 Å². The Bertz CT molecular complexity index is 572. The zero-order valence-corrected chi connectivity index (χ0v) is 16.7. The van der Waals surface area contributed by atoms with Crippen molar-refractivity contribution >= 4 is 35.8 Å². The lowest BCUT2D eigenvalue weighted by Gasteiger charge is -2.15. The van der Waals surface area contributed by atoms with Gasteiger partial charge in [0, 0.05) is 32.2 Å². The third kappa shape index (κ3) is 7.54. The predicted molar refractivity (Wildman–Crippen MR) is 105 cm³/mol. The van der Waals surface area contributed by atoms with Crippen LogP contribution in [0.1, 0.15) is 25.3 Å². The lowest BCUT2D eigenvalue weighted by atomic mass is 10.1. The number of carbonyl (C=O) groups is 1. The maximum atomic E-state index is 13.2. The van der Waals surface area contributed by atoms with Crippen LogP contribution in [0.15, 0.2) is 23.2 Å². The standard InChI is InChI=1S/C17H24F2N4O.HI/c1-2-20-17(22-12-16(24)23-7-3-4-8-23)21-6-5-13-9-14(18)11-15(19)10-13;/h9-11H,2-8,12H2,1H3,(H2,20,21,22);1H. The van der Waals surface area contributed by atoms with Crippen LogP contribution in [0.5, 0.6) is 0 Å². The fourth-order valence-corrected chi connectivity index (χ4v) is 2.64. The molecular weight excluding hydrogens is 441 g/mol. The van der Waals surface area contributed by atoms with Gasteiger partial charge in [0.1, 0.15) is 18.2 Å². The number of likely N-dealkylation sites (tertiary alicyclic amines) is 1. The van der Waals surface area contributed by atoms with Crippen LogP contribution >= 0.6 is 24.0 Å². The smallest absolute Gasteiger partial charge is 0.244 e. The Balaban J connectivity index is 0.00000312. The third-order valence-corrected chi connectivity index (χ3v) is 3.80. The van der Waals surface area contributed by atoms with E-state index in [0.29, 0.717) is 31.0 Å². The molecule has 0 spiro atoms. The van der Waals surface area contributed by atoms with Crippen LogP contribution in [0.3, 0.4) is 0 Å². The van der Waals surface area contributed by atoms with Crippen molar-refractivity contribution in [2.75, 3.05) is 32.7 Å². The highest BCUT2D eigenvalue weighted by atomic mass is 127. The molecule has 0 radical (unpaired) electrons. The van der Waals surface area contributed by atoms with Crippen molar-refractivity contribution in [3.63, 3.8) is 0 Å². The molecule has 1 aliphatic rings. The summed E-state index contributed by atoms with van der Waals surface area (Å²) >= 11 is 0. The van der Waals surface area contributed by atoms with Gasteiger partial charge < -0.3 is 15.5 Å². The van der Waals surface area contributed by atoms with Crippen molar-refractivity contribution in [1.82, 2.24) is 15.5 Å². The Labute approximate surface area is 164 Å². The average Bonchev–Trinajstić information content (AvgIpc) is 3.06. The summed E-state index contributed by atoms with van der Waals surface area (Å²) in [5, 5.41) is 6.13. The molecule has 0 unspecified atom stereocenters. The van der Waals surface area contributed by atoms with Gasteiger partial charge in [-0.3, -0.25) is 4.79 Å². The van der Waals surface area contributed by atoms with E-state index in [4.69, 9.17) is 0 Å². The summed E-state index contributed by atoms with van der Waals surface area (Å²) in [7, 11) is 0. The molecule has 0 atom stereocenters. The molecule has 140 valence electrons. The maximum absolute atomic E-state index is 13.2. The molecule has 0 saturated carbocycles. The highest BCUT2D eigenvalue weighted by Gasteiger charge is 2.17. The molecule has 2 rings (SSSR count). The Morgan fingerprint density at radius 1 is 1.16 bits per heavy atom. The number of aliphatic imine (C=N–C) groups is 1. The fourth-order valence-electron chi connectivity index (χ4n) is 2.64. The van der Waals surface area contributed by atoms with Crippen LogP contribution < -0.4 is 10.6 Å². The molecule has 1 heterocycles. The first-order valence-corrected chi connectivity index (χ1v) is 8.33. The molecule has 0 aliphatic carbocycles. The minimum atomic E-state index is -0.582. The van der Waals surface area contributed by atoms with Crippen molar-refractivity contribution in [2.24, 2.45) is 4.99 Å². The van der Waals surface area contributed by atoms with Crippen molar-refractivity contribution in [3.05, 3.63) is 35.4 Å². The molecule has 5 nitrogen and oxygen atoms in total. The summed E-state index contributed by atoms with van der Waals surface area (Å²) in [6, 6.07) is 3.48. The summed E-state index contributed by atoms with van der Waals surface area (Å²) in [6.07, 6.45) is 2.56. The third-order valence-electron chi connectivity index (χ3n) is 3.80. The molecule has 2 N–H and O–H groups in total. The van der Waals surface area contributed by atoms with Crippen molar-refractivity contribution < 1.29 is 13.6 Å². The Morgan fingerprint density at radius 2 is 1.80 bits per heavy atom. The second kappa shape index (κ2) is 11.2. The van der Waals surface area contributed by atoms with Gasteiger partial charge in [0.2, 0.25) is 5.91 Å². The van der Waals surface area contributed by atoms with Crippen molar-refractivity contribution in [2.45, 2.75) is 26.2 Å². The summed E-state index contributed by atoms with van der Waals surface area (Å²) in [6.45, 7) is 4.78. The van der Waals surface area contributed by atoms with Gasteiger partial charge in [-0.05, 0) is 43.9 Å². The second-order valence-electron chi connectivity index (χ2n) is 5.74. The summed E-state index contributed by atoms with van der Waals surface area (Å²) in [5.74, 6) is -0.609. The van der Waals surface area contributed by atoms with E-state index in [1.54, 1.807) is 0 Å². The van der Waals surface area contributed by atoms with Gasteiger partial charge in [-0.1, -0.05) is 0 Å². The number of hydrogen-bond acceptors (Lipinski definition) is 2. The fraction of sp³-hybridized carbons (Fsp3) is 0.529. The number of hydrogen-bond donors (Lipinski definition) is 2. The number of nitrogens with zero attached hydrogens (tertiary/aromatic N) is 2. The van der Waals surface area contributed by atoms with Crippen LogP contribution in [0.4, 0.5) is 8.78 Å². The van der Waals surface area contributed by atoms with E-state index in [-0.39, 0.29) is 36.4 Å². The Hall–Kier alpha value is -1.45. The molecule has 1 aromatic carbocycles. The van der Waals surface area contributed by atoms with Crippen LogP contribution in [-0.2, 0) is 11.2 Å². The highest BCUT2D eigenvalue weighted by molar-refractivity contribution is 14.0. The molecule has 1 fully saturated rings. The van der Waals surface area contributed by atoms with Gasteiger partial charge in [-0.2, -0.15) is 0 Å². The molecule has 1 amide bonds. The molecule has 0 bridgehead atoms. The first kappa shape index (κ1) is 21.6. The van der Waals surface area contributed by atoms with E-state index in [2.05, 4.69) is 15.6 Å². The lowest BCUT2D eigenvalue weighted by Crippen LogP contribution is -2.39. The van der Waals surface area contributed by atoms with Gasteiger partial charge in [0.15, 0.2) is 5.96 Å². The second-order valence-corrected chi connectivity index (χ2v) is 5.74. The zero-order chi connectivity index (χ0) is 17.4. The molecule has 1 aromatic rings. The topological polar surface area (TPSA) is 56.7 Å². The number of amides is 1. The summed E-state index contributed by atoms with van der Waals surface area (Å²) in [4.78, 5) is 18.1. The summed E-state index contributed by atoms with van der Waals surface area (Å²) in [5.41, 5.74) is 0.573. The average molecular weight is 466 g/mol. The van der Waals surface area contributed by atoms with Gasteiger partial charge in [-0.15, -0.1) is 24.0 Å². The van der Waals surface area contributed by atoms with Crippen LogP contribution in [0.2, 0.25) is 0 Å². The minimum absolute atomic E-state index is 0. The van der Waals surface area contributed by atoms with Crippen LogP contribution in [0, 0.1) is 11.6 Å². The molecular formula is C17H25F2IN4O. The van der Waals surface area contributed by atoms with Gasteiger partial charge in [0.25, 0.3) is 0 Å². The quantitative estimate of drug-likeness (QED) is 0.385. The Kier molecular flexibility index (Phi) is 9.69. The lowest BCUT2D eigenvalue weighted by molar-refractivity contribution is -0.128. The van der Waals surface area contributed by atoms with Crippen LogP contribution in [-0.4, -0.2) is 49.5 Å². The van der Waals surface area contributed by atoms with Crippen molar-refractivity contribution in [3.8, 4) is 0 Å². The van der Waals surface area contributed by atoms with Gasteiger partial charge in [0.05, 0.1) is 0 Å². The van der Waals surface area contributed by atoms with Crippen molar-refractivity contribution in [1.29, 1.82) is 0 Å². The van der Waals surface area contributed by atoms with E-state index >= 15 is 0 Å². The number of guanidine groups is 1. The SMILES string of the molecule is CCNC(=NCC(=O)N1CCCC1)NCCc1cc(F)cc(F)c1.I.